The molecule has 0 aliphatic carbocycles. The van der Waals surface area contributed by atoms with Crippen LogP contribution in [0, 0.1) is 0 Å². The summed E-state index contributed by atoms with van der Waals surface area (Å²) in [5.41, 5.74) is 1.61. The zero-order valence-corrected chi connectivity index (χ0v) is 10.5. The third-order valence-electron chi connectivity index (χ3n) is 2.32. The second kappa shape index (κ2) is 5.19. The largest absolute Gasteiger partial charge is 0.329 e. The SMILES string of the molecule is COS(=O)(=O)C[n+]1ccc(-c2cccnn2)cc1. The highest BCUT2D eigenvalue weighted by Gasteiger charge is 2.15. The van der Waals surface area contributed by atoms with Crippen LogP contribution in [-0.4, -0.2) is 25.7 Å². The summed E-state index contributed by atoms with van der Waals surface area (Å²) in [5, 5.41) is 7.75. The molecule has 0 atom stereocenters. The van der Waals surface area contributed by atoms with Gasteiger partial charge in [0, 0.05) is 23.9 Å². The van der Waals surface area contributed by atoms with Gasteiger partial charge in [-0.1, -0.05) is 0 Å². The van der Waals surface area contributed by atoms with Gasteiger partial charge in [-0.05, 0) is 12.1 Å². The lowest BCUT2D eigenvalue weighted by Crippen LogP contribution is -2.37. The van der Waals surface area contributed by atoms with Crippen molar-refractivity contribution in [3.8, 4) is 11.3 Å². The van der Waals surface area contributed by atoms with E-state index in [2.05, 4.69) is 14.4 Å². The lowest BCUT2D eigenvalue weighted by Gasteiger charge is -1.99. The molecule has 0 fully saturated rings. The summed E-state index contributed by atoms with van der Waals surface area (Å²) in [4.78, 5) is 0. The topological polar surface area (TPSA) is 73.0 Å². The Hall–Kier alpha value is -1.86. The van der Waals surface area contributed by atoms with Crippen LogP contribution in [0.25, 0.3) is 11.3 Å². The molecule has 2 rings (SSSR count). The predicted molar refractivity (Wildman–Crippen MR) is 63.6 cm³/mol. The molecule has 0 aliphatic rings. The monoisotopic (exact) mass is 266 g/mol. The van der Waals surface area contributed by atoms with E-state index < -0.39 is 10.1 Å². The summed E-state index contributed by atoms with van der Waals surface area (Å²) in [6.07, 6.45) is 4.90. The van der Waals surface area contributed by atoms with Crippen LogP contribution in [0.2, 0.25) is 0 Å². The maximum Gasteiger partial charge on any atom is 0.329 e. The van der Waals surface area contributed by atoms with Crippen molar-refractivity contribution in [3.63, 3.8) is 0 Å². The van der Waals surface area contributed by atoms with E-state index in [1.807, 2.05) is 6.07 Å². The smallest absolute Gasteiger partial charge is 0.269 e. The van der Waals surface area contributed by atoms with E-state index in [1.54, 1.807) is 36.8 Å². The van der Waals surface area contributed by atoms with E-state index in [9.17, 15) is 8.42 Å². The van der Waals surface area contributed by atoms with E-state index in [0.717, 1.165) is 18.4 Å². The van der Waals surface area contributed by atoms with Crippen molar-refractivity contribution in [2.75, 3.05) is 7.11 Å². The molecule has 0 saturated heterocycles. The lowest BCUT2D eigenvalue weighted by molar-refractivity contribution is -0.678. The third-order valence-corrected chi connectivity index (χ3v) is 3.44. The predicted octanol–water partition coefficient (Wildman–Crippen LogP) is 0.365. The lowest BCUT2D eigenvalue weighted by atomic mass is 10.2. The Morgan fingerprint density at radius 1 is 1.28 bits per heavy atom. The first-order valence-corrected chi connectivity index (χ1v) is 6.74. The van der Waals surface area contributed by atoms with Gasteiger partial charge in [0.15, 0.2) is 12.4 Å². The first-order valence-electron chi connectivity index (χ1n) is 5.16. The Labute approximate surface area is 105 Å². The zero-order chi connectivity index (χ0) is 13.0. The van der Waals surface area contributed by atoms with Gasteiger partial charge in [0.1, 0.15) is 0 Å². The number of pyridine rings is 1. The fraction of sp³-hybridized carbons (Fsp3) is 0.182. The minimum Gasteiger partial charge on any atom is -0.269 e. The summed E-state index contributed by atoms with van der Waals surface area (Å²) in [6, 6.07) is 7.17. The molecule has 0 unspecified atom stereocenters. The van der Waals surface area contributed by atoms with E-state index in [4.69, 9.17) is 0 Å². The summed E-state index contributed by atoms with van der Waals surface area (Å²) < 4.78 is 28.4. The highest BCUT2D eigenvalue weighted by atomic mass is 32.2. The van der Waals surface area contributed by atoms with Crippen molar-refractivity contribution in [2.45, 2.75) is 5.88 Å². The molecule has 6 nitrogen and oxygen atoms in total. The van der Waals surface area contributed by atoms with E-state index in [1.165, 1.54) is 4.57 Å². The molecule has 0 spiro atoms. The molecule has 0 amide bonds. The molecule has 0 aromatic carbocycles. The number of hydrogen-bond acceptors (Lipinski definition) is 5. The molecule has 2 heterocycles. The standard InChI is InChI=1S/C11H12N3O3S/c1-17-18(15,16)9-14-7-4-10(5-8-14)11-3-2-6-12-13-11/h2-8H,9H2,1H3/q+1. The van der Waals surface area contributed by atoms with Gasteiger partial charge in [-0.2, -0.15) is 23.2 Å². The first-order chi connectivity index (χ1) is 8.61. The normalized spacial score (nSPS) is 11.4. The number of hydrogen-bond donors (Lipinski definition) is 0. The number of aromatic nitrogens is 3. The average molecular weight is 266 g/mol. The van der Waals surface area contributed by atoms with Gasteiger partial charge in [0.2, 0.25) is 0 Å². The maximum absolute atomic E-state index is 11.3. The van der Waals surface area contributed by atoms with Crippen molar-refractivity contribution in [1.29, 1.82) is 0 Å². The second-order valence-corrected chi connectivity index (χ2v) is 5.27. The Bertz CT molecular complexity index is 612. The van der Waals surface area contributed by atoms with E-state index in [0.29, 0.717) is 0 Å². The minimum atomic E-state index is -3.52. The van der Waals surface area contributed by atoms with E-state index >= 15 is 0 Å². The molecule has 0 N–H and O–H groups in total. The maximum atomic E-state index is 11.3. The van der Waals surface area contributed by atoms with Gasteiger partial charge in [-0.15, -0.1) is 0 Å². The molecule has 0 radical (unpaired) electrons. The molecule has 0 bridgehead atoms. The fourth-order valence-corrected chi connectivity index (χ4v) is 2.05. The molecule has 7 heteroatoms. The number of rotatable bonds is 4. The van der Waals surface area contributed by atoms with Crippen LogP contribution in [0.5, 0.6) is 0 Å². The van der Waals surface area contributed by atoms with Crippen molar-refractivity contribution in [3.05, 3.63) is 42.9 Å². The Morgan fingerprint density at radius 2 is 2.00 bits per heavy atom. The van der Waals surface area contributed by atoms with Gasteiger partial charge in [-0.3, -0.25) is 4.18 Å². The summed E-state index contributed by atoms with van der Waals surface area (Å²) >= 11 is 0. The minimum absolute atomic E-state index is 0.218. The second-order valence-electron chi connectivity index (χ2n) is 3.56. The van der Waals surface area contributed by atoms with Crippen molar-refractivity contribution < 1.29 is 17.2 Å². The molecule has 0 aliphatic heterocycles. The molecule has 2 aromatic rings. The molecular weight excluding hydrogens is 254 g/mol. The van der Waals surface area contributed by atoms with Crippen molar-refractivity contribution in [2.24, 2.45) is 0 Å². The first kappa shape index (κ1) is 12.6. The van der Waals surface area contributed by atoms with Crippen LogP contribution in [0.4, 0.5) is 0 Å². The van der Waals surface area contributed by atoms with Gasteiger partial charge in [-0.25, -0.2) is 0 Å². The Kier molecular flexibility index (Phi) is 3.63. The summed E-state index contributed by atoms with van der Waals surface area (Å²) in [6.45, 7) is 0. The highest BCUT2D eigenvalue weighted by Crippen LogP contribution is 2.12. The summed E-state index contributed by atoms with van der Waals surface area (Å²) in [5.74, 6) is -0.218. The molecule has 2 aromatic heterocycles. The van der Waals surface area contributed by atoms with Crippen LogP contribution >= 0.6 is 0 Å². The van der Waals surface area contributed by atoms with Gasteiger partial charge < -0.3 is 0 Å². The summed E-state index contributed by atoms with van der Waals surface area (Å²) in [7, 11) is -2.37. The molecule has 0 saturated carbocycles. The van der Waals surface area contributed by atoms with Crippen molar-refractivity contribution in [1.82, 2.24) is 10.2 Å². The van der Waals surface area contributed by atoms with Crippen LogP contribution in [0.3, 0.4) is 0 Å². The van der Waals surface area contributed by atoms with Crippen LogP contribution in [0.15, 0.2) is 42.9 Å². The third kappa shape index (κ3) is 3.08. The molecule has 94 valence electrons. The Morgan fingerprint density at radius 3 is 2.56 bits per heavy atom. The molecule has 18 heavy (non-hydrogen) atoms. The van der Waals surface area contributed by atoms with Crippen LogP contribution < -0.4 is 4.57 Å². The zero-order valence-electron chi connectivity index (χ0n) is 9.72. The average Bonchev–Trinajstić information content (AvgIpc) is 2.40. The number of nitrogens with zero attached hydrogens (tertiary/aromatic N) is 3. The quantitative estimate of drug-likeness (QED) is 0.590. The van der Waals surface area contributed by atoms with Crippen molar-refractivity contribution >= 4 is 10.1 Å². The Balaban J connectivity index is 2.21. The highest BCUT2D eigenvalue weighted by molar-refractivity contribution is 7.85. The van der Waals surface area contributed by atoms with Gasteiger partial charge in [0.25, 0.3) is 5.88 Å². The van der Waals surface area contributed by atoms with Gasteiger partial charge in [0.05, 0.1) is 12.8 Å². The fourth-order valence-electron chi connectivity index (χ4n) is 1.40. The molecular formula is C11H12N3O3S+. The van der Waals surface area contributed by atoms with E-state index in [-0.39, 0.29) is 5.88 Å². The van der Waals surface area contributed by atoms with Crippen LogP contribution in [-0.2, 0) is 20.2 Å². The van der Waals surface area contributed by atoms with Crippen LogP contribution in [0.1, 0.15) is 0 Å². The van der Waals surface area contributed by atoms with Gasteiger partial charge >= 0.3 is 10.1 Å².